The smallest absolute Gasteiger partial charge is 0.417 e. The van der Waals surface area contributed by atoms with Crippen LogP contribution in [0.4, 0.5) is 26.3 Å². The predicted octanol–water partition coefficient (Wildman–Crippen LogP) is 6.87. The fourth-order valence-corrected chi connectivity index (χ4v) is 3.05. The second-order valence-electron chi connectivity index (χ2n) is 7.18. The molecule has 0 aliphatic carbocycles. The molecule has 0 heterocycles. The molecule has 4 nitrogen and oxygen atoms in total. The fraction of sp³-hybridized carbons (Fsp3) is 0.391. The predicted molar refractivity (Wildman–Crippen MR) is 106 cm³/mol. The van der Waals surface area contributed by atoms with Crippen molar-refractivity contribution in [1.29, 1.82) is 10.5 Å². The first-order valence-electron chi connectivity index (χ1n) is 10.0. The Morgan fingerprint density at radius 3 is 1.82 bits per heavy atom. The van der Waals surface area contributed by atoms with Crippen LogP contribution >= 0.6 is 0 Å². The zero-order valence-corrected chi connectivity index (χ0v) is 17.6. The number of ether oxygens (including phenoxy) is 2. The van der Waals surface area contributed by atoms with E-state index in [1.165, 1.54) is 24.3 Å². The average Bonchev–Trinajstić information content (AvgIpc) is 2.76. The van der Waals surface area contributed by atoms with E-state index in [2.05, 4.69) is 0 Å². The van der Waals surface area contributed by atoms with Crippen molar-refractivity contribution in [1.82, 2.24) is 0 Å². The summed E-state index contributed by atoms with van der Waals surface area (Å²) in [6.07, 6.45) is -7.53. The standard InChI is InChI=1S/C23H20F6N2O2/c1-2-3-4-5-19(33-18-9-7-16(13-31)21(11-18)23(27,28)29)14-32-17-8-6-15(12-30)20(10-17)22(24,25)26/h6-11,19H,2-5,14H2,1H3. The molecule has 0 radical (unpaired) electrons. The van der Waals surface area contributed by atoms with Gasteiger partial charge in [-0.1, -0.05) is 19.8 Å². The third-order valence-corrected chi connectivity index (χ3v) is 4.70. The molecule has 0 amide bonds. The van der Waals surface area contributed by atoms with E-state index in [0.717, 1.165) is 31.0 Å². The minimum Gasteiger partial charge on any atom is -0.490 e. The van der Waals surface area contributed by atoms with Crippen LogP contribution in [0.1, 0.15) is 54.9 Å². The molecule has 10 heteroatoms. The van der Waals surface area contributed by atoms with E-state index < -0.39 is 40.7 Å². The van der Waals surface area contributed by atoms with Crippen LogP contribution in [0.15, 0.2) is 36.4 Å². The second kappa shape index (κ2) is 11.0. The van der Waals surface area contributed by atoms with E-state index in [9.17, 15) is 26.3 Å². The summed E-state index contributed by atoms with van der Waals surface area (Å²) in [5, 5.41) is 17.8. The summed E-state index contributed by atoms with van der Waals surface area (Å²) in [5.74, 6) is -0.288. The molecule has 176 valence electrons. The van der Waals surface area contributed by atoms with Gasteiger partial charge in [-0.05, 0) is 49.2 Å². The number of rotatable bonds is 9. The minimum atomic E-state index is -4.75. The Hall–Kier alpha value is -3.40. The Morgan fingerprint density at radius 2 is 1.33 bits per heavy atom. The van der Waals surface area contributed by atoms with E-state index in [-0.39, 0.29) is 18.1 Å². The van der Waals surface area contributed by atoms with E-state index in [1.807, 2.05) is 6.92 Å². The monoisotopic (exact) mass is 470 g/mol. The molecule has 0 aromatic heterocycles. The normalized spacial score (nSPS) is 12.5. The second-order valence-corrected chi connectivity index (χ2v) is 7.18. The highest BCUT2D eigenvalue weighted by Crippen LogP contribution is 2.35. The van der Waals surface area contributed by atoms with Crippen LogP contribution in [-0.4, -0.2) is 12.7 Å². The number of halogens is 6. The molecule has 2 aromatic rings. The van der Waals surface area contributed by atoms with Gasteiger partial charge in [-0.15, -0.1) is 0 Å². The number of nitrogens with zero attached hydrogens (tertiary/aromatic N) is 2. The van der Waals surface area contributed by atoms with Gasteiger partial charge in [0.05, 0.1) is 34.4 Å². The largest absolute Gasteiger partial charge is 0.490 e. The zero-order valence-electron chi connectivity index (χ0n) is 17.6. The molecule has 1 atom stereocenters. The van der Waals surface area contributed by atoms with Gasteiger partial charge in [-0.2, -0.15) is 36.9 Å². The number of benzene rings is 2. The maximum atomic E-state index is 13.2. The average molecular weight is 470 g/mol. The molecule has 33 heavy (non-hydrogen) atoms. The maximum Gasteiger partial charge on any atom is 0.417 e. The van der Waals surface area contributed by atoms with Crippen molar-refractivity contribution in [3.8, 4) is 23.6 Å². The van der Waals surface area contributed by atoms with Gasteiger partial charge in [0.2, 0.25) is 0 Å². The van der Waals surface area contributed by atoms with Gasteiger partial charge in [0, 0.05) is 0 Å². The first kappa shape index (κ1) is 25.9. The zero-order chi connectivity index (χ0) is 24.6. The Morgan fingerprint density at radius 1 is 0.818 bits per heavy atom. The van der Waals surface area contributed by atoms with Crippen LogP contribution < -0.4 is 9.47 Å². The first-order chi connectivity index (χ1) is 15.5. The lowest BCUT2D eigenvalue weighted by Gasteiger charge is -2.21. The molecule has 0 fully saturated rings. The molecule has 0 spiro atoms. The number of alkyl halides is 6. The van der Waals surface area contributed by atoms with Crippen LogP contribution in [0.25, 0.3) is 0 Å². The summed E-state index contributed by atoms with van der Waals surface area (Å²) in [7, 11) is 0. The van der Waals surface area contributed by atoms with Crippen LogP contribution in [-0.2, 0) is 12.4 Å². The van der Waals surface area contributed by atoms with Crippen LogP contribution in [0.5, 0.6) is 11.5 Å². The van der Waals surface area contributed by atoms with E-state index >= 15 is 0 Å². The Labute approximate surface area is 187 Å². The molecule has 0 aliphatic heterocycles. The molecular weight excluding hydrogens is 450 g/mol. The van der Waals surface area contributed by atoms with E-state index in [1.54, 1.807) is 0 Å². The van der Waals surface area contributed by atoms with Gasteiger partial charge in [-0.3, -0.25) is 0 Å². The quantitative estimate of drug-likeness (QED) is 0.296. The lowest BCUT2D eigenvalue weighted by molar-refractivity contribution is -0.138. The van der Waals surface area contributed by atoms with Crippen molar-refractivity contribution in [3.63, 3.8) is 0 Å². The third-order valence-electron chi connectivity index (χ3n) is 4.70. The summed E-state index contributed by atoms with van der Waals surface area (Å²) >= 11 is 0. The highest BCUT2D eigenvalue weighted by Gasteiger charge is 2.35. The molecule has 0 bridgehead atoms. The number of nitriles is 2. The molecule has 0 saturated heterocycles. The maximum absolute atomic E-state index is 13.2. The van der Waals surface area contributed by atoms with Gasteiger partial charge in [0.1, 0.15) is 24.2 Å². The van der Waals surface area contributed by atoms with Gasteiger partial charge in [0.25, 0.3) is 0 Å². The summed E-state index contributed by atoms with van der Waals surface area (Å²) in [5.41, 5.74) is -3.39. The Kier molecular flexibility index (Phi) is 8.58. The lowest BCUT2D eigenvalue weighted by Crippen LogP contribution is -2.25. The van der Waals surface area contributed by atoms with Crippen molar-refractivity contribution in [3.05, 3.63) is 58.7 Å². The molecule has 2 rings (SSSR count). The van der Waals surface area contributed by atoms with E-state index in [0.29, 0.717) is 18.9 Å². The topological polar surface area (TPSA) is 66.0 Å². The number of hydrogen-bond acceptors (Lipinski definition) is 4. The Bertz CT molecular complexity index is 1040. The number of unbranched alkanes of at least 4 members (excludes halogenated alkanes) is 2. The first-order valence-corrected chi connectivity index (χ1v) is 10.0. The van der Waals surface area contributed by atoms with Gasteiger partial charge in [-0.25, -0.2) is 0 Å². The van der Waals surface area contributed by atoms with Gasteiger partial charge < -0.3 is 9.47 Å². The van der Waals surface area contributed by atoms with Crippen molar-refractivity contribution < 1.29 is 35.8 Å². The molecule has 0 saturated carbocycles. The molecular formula is C23H20F6N2O2. The molecule has 0 N–H and O–H groups in total. The molecule has 0 aliphatic rings. The van der Waals surface area contributed by atoms with E-state index in [4.69, 9.17) is 20.0 Å². The minimum absolute atomic E-state index is 0.137. The van der Waals surface area contributed by atoms with Gasteiger partial charge in [0.15, 0.2) is 0 Å². The third kappa shape index (κ3) is 7.31. The van der Waals surface area contributed by atoms with Crippen LogP contribution in [0.3, 0.4) is 0 Å². The SMILES string of the molecule is CCCCCC(COc1ccc(C#N)c(C(F)(F)F)c1)Oc1ccc(C#N)c(C(F)(F)F)c1. The van der Waals surface area contributed by atoms with Crippen molar-refractivity contribution >= 4 is 0 Å². The van der Waals surface area contributed by atoms with Gasteiger partial charge >= 0.3 is 12.4 Å². The Balaban J connectivity index is 2.23. The molecule has 2 aromatic carbocycles. The summed E-state index contributed by atoms with van der Waals surface area (Å²) in [6.45, 7) is 1.73. The summed E-state index contributed by atoms with van der Waals surface area (Å²) in [4.78, 5) is 0. The summed E-state index contributed by atoms with van der Waals surface area (Å²) < 4.78 is 90.2. The lowest BCUT2D eigenvalue weighted by atomic mass is 10.1. The van der Waals surface area contributed by atoms with Crippen LogP contribution in [0.2, 0.25) is 0 Å². The molecule has 1 unspecified atom stereocenters. The van der Waals surface area contributed by atoms with Crippen LogP contribution in [0, 0.1) is 22.7 Å². The van der Waals surface area contributed by atoms with Crippen molar-refractivity contribution in [2.24, 2.45) is 0 Å². The number of hydrogen-bond donors (Lipinski definition) is 0. The highest BCUT2D eigenvalue weighted by molar-refractivity contribution is 5.45. The highest BCUT2D eigenvalue weighted by atomic mass is 19.4. The summed E-state index contributed by atoms with van der Waals surface area (Å²) in [6, 6.07) is 8.79. The fourth-order valence-electron chi connectivity index (χ4n) is 3.05. The van der Waals surface area contributed by atoms with Crippen molar-refractivity contribution in [2.45, 2.75) is 51.1 Å². The van der Waals surface area contributed by atoms with Crippen molar-refractivity contribution in [2.75, 3.05) is 6.61 Å².